The normalized spacial score (nSPS) is 15.2. The van der Waals surface area contributed by atoms with Crippen molar-refractivity contribution >= 4 is 18.6 Å². The maximum absolute atomic E-state index is 11.5. The van der Waals surface area contributed by atoms with Crippen LogP contribution in [-0.2, 0) is 9.53 Å². The third kappa shape index (κ3) is 5.05. The fourth-order valence-electron chi connectivity index (χ4n) is 1.25. The zero-order valence-corrected chi connectivity index (χ0v) is 10.2. The van der Waals surface area contributed by atoms with Gasteiger partial charge in [0.1, 0.15) is 11.4 Å². The molecule has 1 unspecified atom stereocenters. The molecule has 1 N–H and O–H groups in total. The van der Waals surface area contributed by atoms with E-state index in [2.05, 4.69) is 17.5 Å². The van der Waals surface area contributed by atoms with E-state index < -0.39 is 16.3 Å². The van der Waals surface area contributed by atoms with Gasteiger partial charge in [-0.15, -0.1) is 0 Å². The van der Waals surface area contributed by atoms with Gasteiger partial charge in [-0.05, 0) is 6.92 Å². The van der Waals surface area contributed by atoms with Crippen LogP contribution in [-0.4, -0.2) is 34.6 Å². The Balaban J connectivity index is 4.42. The fraction of sp³-hybridized carbons (Fsp3) is 0.800. The van der Waals surface area contributed by atoms with Crippen LogP contribution >= 0.6 is 12.6 Å². The van der Waals surface area contributed by atoms with Crippen molar-refractivity contribution in [1.82, 2.24) is 0 Å². The molecule has 0 rings (SSSR count). The molecule has 15 heavy (non-hydrogen) atoms. The Morgan fingerprint density at radius 1 is 1.53 bits per heavy atom. The molecule has 5 heteroatoms. The topological polar surface area (TPSA) is 50.9 Å². The number of esters is 1. The van der Waals surface area contributed by atoms with E-state index in [4.69, 9.17) is 16.4 Å². The van der Waals surface area contributed by atoms with Crippen molar-refractivity contribution in [3.05, 3.63) is 11.4 Å². The average Bonchev–Trinajstić information content (AvgIpc) is 2.12. The lowest BCUT2D eigenvalue weighted by Gasteiger charge is -2.24. The molecule has 0 aromatic rings. The van der Waals surface area contributed by atoms with Gasteiger partial charge < -0.3 is 14.7 Å². The Hall–Kier alpha value is -0.730. The van der Waals surface area contributed by atoms with Gasteiger partial charge in [0.25, 0.3) is 0 Å². The summed E-state index contributed by atoms with van der Waals surface area (Å²) in [5, 5.41) is 8.51. The number of aliphatic hydroxyl groups excluding tert-OH is 1. The molecule has 0 heterocycles. The highest BCUT2D eigenvalue weighted by molar-refractivity contribution is 7.82. The lowest BCUT2D eigenvalue weighted by atomic mass is 9.92. The van der Waals surface area contributed by atoms with Crippen LogP contribution in [0.15, 0.2) is 0 Å². The van der Waals surface area contributed by atoms with E-state index in [1.807, 2.05) is 0 Å². The van der Waals surface area contributed by atoms with Crippen molar-refractivity contribution in [1.29, 1.82) is 0 Å². The number of aliphatic hydroxyl groups is 1. The van der Waals surface area contributed by atoms with E-state index in [-0.39, 0.29) is 13.2 Å². The van der Waals surface area contributed by atoms with Crippen LogP contribution in [0.4, 0.5) is 0 Å². The zero-order chi connectivity index (χ0) is 12.1. The smallest absolute Gasteiger partial charge is 0.322 e. The van der Waals surface area contributed by atoms with E-state index in [1.165, 1.54) is 0 Å². The van der Waals surface area contributed by atoms with Crippen LogP contribution in [0.3, 0.4) is 0 Å². The Labute approximate surface area is 95.9 Å². The first-order valence-corrected chi connectivity index (χ1v) is 5.09. The molecular formula is C10H17NO3S. The second-order valence-electron chi connectivity index (χ2n) is 4.23. The Morgan fingerprint density at radius 2 is 2.07 bits per heavy atom. The molecule has 0 aromatic carbocycles. The molecule has 4 nitrogen and oxygen atoms in total. The van der Waals surface area contributed by atoms with Crippen molar-refractivity contribution in [2.75, 3.05) is 13.2 Å². The van der Waals surface area contributed by atoms with Gasteiger partial charge in [-0.1, -0.05) is 0 Å². The van der Waals surface area contributed by atoms with Gasteiger partial charge >= 0.3 is 5.97 Å². The molecule has 1 atom stereocenters. The molecular weight excluding hydrogens is 214 g/mol. The van der Waals surface area contributed by atoms with Crippen molar-refractivity contribution < 1.29 is 14.6 Å². The molecule has 0 aliphatic carbocycles. The SMILES string of the molecule is [C-]#[N+]C(C)(C)CC(C)(S)C(=O)OCCO. The highest BCUT2D eigenvalue weighted by Gasteiger charge is 2.40. The molecule has 0 spiro atoms. The summed E-state index contributed by atoms with van der Waals surface area (Å²) in [4.78, 5) is 14.9. The number of carbonyl (C=O) groups excluding carboxylic acids is 1. The van der Waals surface area contributed by atoms with Gasteiger partial charge in [-0.25, -0.2) is 6.57 Å². The molecule has 0 radical (unpaired) electrons. The monoisotopic (exact) mass is 231 g/mol. The summed E-state index contributed by atoms with van der Waals surface area (Å²) < 4.78 is 3.78. The van der Waals surface area contributed by atoms with Gasteiger partial charge in [0, 0.05) is 20.3 Å². The van der Waals surface area contributed by atoms with E-state index in [9.17, 15) is 4.79 Å². The summed E-state index contributed by atoms with van der Waals surface area (Å²) in [6, 6.07) is 0. The van der Waals surface area contributed by atoms with Gasteiger partial charge in [0.2, 0.25) is 5.54 Å². The lowest BCUT2D eigenvalue weighted by molar-refractivity contribution is -0.147. The van der Waals surface area contributed by atoms with Gasteiger partial charge in [0.05, 0.1) is 6.61 Å². The molecule has 0 saturated carbocycles. The third-order valence-electron chi connectivity index (χ3n) is 1.84. The minimum Gasteiger partial charge on any atom is -0.462 e. The Morgan fingerprint density at radius 3 is 2.47 bits per heavy atom. The molecule has 0 bridgehead atoms. The largest absolute Gasteiger partial charge is 0.462 e. The van der Waals surface area contributed by atoms with Crippen LogP contribution in [0, 0.1) is 6.57 Å². The van der Waals surface area contributed by atoms with Crippen LogP contribution in [0.25, 0.3) is 4.85 Å². The predicted molar refractivity (Wildman–Crippen MR) is 60.7 cm³/mol. The summed E-state index contributed by atoms with van der Waals surface area (Å²) >= 11 is 4.20. The molecule has 0 fully saturated rings. The summed E-state index contributed by atoms with van der Waals surface area (Å²) in [6.45, 7) is 11.8. The second-order valence-corrected chi connectivity index (χ2v) is 5.22. The first-order chi connectivity index (χ1) is 6.75. The fourth-order valence-corrected chi connectivity index (χ4v) is 1.70. The Bertz CT molecular complexity index is 268. The zero-order valence-electron chi connectivity index (χ0n) is 9.28. The number of hydrogen-bond donors (Lipinski definition) is 2. The van der Waals surface area contributed by atoms with Crippen LogP contribution in [0.1, 0.15) is 27.2 Å². The maximum Gasteiger partial charge on any atom is 0.322 e. The predicted octanol–water partition coefficient (Wildman–Crippen LogP) is 1.30. The van der Waals surface area contributed by atoms with Crippen molar-refractivity contribution in [2.24, 2.45) is 0 Å². The summed E-state index contributed by atoms with van der Waals surface area (Å²) in [5.41, 5.74) is -0.644. The van der Waals surface area contributed by atoms with Crippen molar-refractivity contribution in [3.63, 3.8) is 0 Å². The number of nitrogens with zero attached hydrogens (tertiary/aromatic N) is 1. The first kappa shape index (κ1) is 14.3. The van der Waals surface area contributed by atoms with Gasteiger partial charge in [-0.3, -0.25) is 4.79 Å². The molecule has 0 aliphatic heterocycles. The van der Waals surface area contributed by atoms with Gasteiger partial charge in [0.15, 0.2) is 0 Å². The number of carbonyl (C=O) groups is 1. The number of thiol groups is 1. The standard InChI is InChI=1S/C10H17NO3S/c1-9(2,11-4)7-10(3,15)8(13)14-6-5-12/h12,15H,5-7H2,1-3H3. The summed E-state index contributed by atoms with van der Waals surface area (Å²) in [6.07, 6.45) is 0.302. The minimum absolute atomic E-state index is 0.0343. The van der Waals surface area contributed by atoms with Crippen LogP contribution in [0.2, 0.25) is 0 Å². The van der Waals surface area contributed by atoms with Crippen LogP contribution < -0.4 is 0 Å². The molecule has 0 saturated heterocycles. The van der Waals surface area contributed by atoms with E-state index in [0.29, 0.717) is 6.42 Å². The van der Waals surface area contributed by atoms with Crippen molar-refractivity contribution in [3.8, 4) is 0 Å². The quantitative estimate of drug-likeness (QED) is 0.426. The van der Waals surface area contributed by atoms with E-state index in [1.54, 1.807) is 20.8 Å². The number of rotatable bonds is 5. The second kappa shape index (κ2) is 5.38. The highest BCUT2D eigenvalue weighted by atomic mass is 32.1. The first-order valence-electron chi connectivity index (χ1n) is 4.64. The number of hydrogen-bond acceptors (Lipinski definition) is 4. The Kier molecular flexibility index (Phi) is 5.12. The number of ether oxygens (including phenoxy) is 1. The van der Waals surface area contributed by atoms with Crippen molar-refractivity contribution in [2.45, 2.75) is 37.5 Å². The molecule has 86 valence electrons. The van der Waals surface area contributed by atoms with E-state index in [0.717, 1.165) is 0 Å². The van der Waals surface area contributed by atoms with Gasteiger partial charge in [-0.2, -0.15) is 12.6 Å². The maximum atomic E-state index is 11.5. The molecule has 0 aliphatic rings. The highest BCUT2D eigenvalue weighted by Crippen LogP contribution is 2.29. The van der Waals surface area contributed by atoms with E-state index >= 15 is 0 Å². The minimum atomic E-state index is -0.997. The lowest BCUT2D eigenvalue weighted by Crippen LogP contribution is -2.38. The average molecular weight is 231 g/mol. The summed E-state index contributed by atoms with van der Waals surface area (Å²) in [5.74, 6) is -0.503. The molecule has 0 amide bonds. The van der Waals surface area contributed by atoms with Crippen LogP contribution in [0.5, 0.6) is 0 Å². The summed E-state index contributed by atoms with van der Waals surface area (Å²) in [7, 11) is 0. The third-order valence-corrected chi connectivity index (χ3v) is 2.18. The molecule has 0 aromatic heterocycles.